The van der Waals surface area contributed by atoms with Gasteiger partial charge >= 0.3 is 0 Å². The molecule has 0 amide bonds. The van der Waals surface area contributed by atoms with Gasteiger partial charge in [-0.15, -0.1) is 0 Å². The summed E-state index contributed by atoms with van der Waals surface area (Å²) < 4.78 is 0. The second-order valence-electron chi connectivity index (χ2n) is 4.10. The van der Waals surface area contributed by atoms with Gasteiger partial charge < -0.3 is 4.98 Å². The van der Waals surface area contributed by atoms with Gasteiger partial charge in [0.2, 0.25) is 0 Å². The van der Waals surface area contributed by atoms with E-state index in [9.17, 15) is 0 Å². The molecular formula is C12H18N2. The van der Waals surface area contributed by atoms with Crippen LogP contribution >= 0.6 is 0 Å². The minimum Gasteiger partial charge on any atom is -0.351 e. The predicted octanol–water partition coefficient (Wildman–Crippen LogP) is 3.09. The molecule has 2 rings (SSSR count). The van der Waals surface area contributed by atoms with Crippen molar-refractivity contribution in [1.29, 1.82) is 0 Å². The lowest BCUT2D eigenvalue weighted by molar-refractivity contribution is 0.516. The molecular weight excluding hydrogens is 172 g/mol. The molecule has 1 aromatic rings. The van der Waals surface area contributed by atoms with Crippen LogP contribution in [0.2, 0.25) is 0 Å². The van der Waals surface area contributed by atoms with Crippen molar-refractivity contribution in [2.75, 3.05) is 0 Å². The van der Waals surface area contributed by atoms with Crippen LogP contribution in [0.1, 0.15) is 38.3 Å². The normalized spacial score (nSPS) is 22.1. The molecule has 1 N–H and O–H groups in total. The molecule has 1 aliphatic carbocycles. The molecule has 0 saturated carbocycles. The van der Waals surface area contributed by atoms with Crippen molar-refractivity contribution in [2.24, 2.45) is 5.92 Å². The van der Waals surface area contributed by atoms with Crippen molar-refractivity contribution in [3.05, 3.63) is 29.9 Å². The highest BCUT2D eigenvalue weighted by Crippen LogP contribution is 2.26. The molecule has 2 heteroatoms. The van der Waals surface area contributed by atoms with Gasteiger partial charge in [0, 0.05) is 6.20 Å². The fourth-order valence-corrected chi connectivity index (χ4v) is 2.22. The average Bonchev–Trinajstić information content (AvgIpc) is 2.71. The Kier molecular flexibility index (Phi) is 3.02. The van der Waals surface area contributed by atoms with E-state index in [0.717, 1.165) is 12.3 Å². The summed E-state index contributed by atoms with van der Waals surface area (Å²) in [6, 6.07) is 0. The third-order valence-electron chi connectivity index (χ3n) is 3.02. The Balaban J connectivity index is 1.98. The van der Waals surface area contributed by atoms with Crippen molar-refractivity contribution in [3.8, 4) is 0 Å². The Hall–Kier alpha value is -1.05. The van der Waals surface area contributed by atoms with Crippen LogP contribution in [0, 0.1) is 5.92 Å². The van der Waals surface area contributed by atoms with E-state index in [1.165, 1.54) is 31.4 Å². The van der Waals surface area contributed by atoms with Gasteiger partial charge in [-0.25, -0.2) is 4.98 Å². The van der Waals surface area contributed by atoms with Crippen molar-refractivity contribution >= 4 is 0 Å². The Morgan fingerprint density at radius 1 is 1.57 bits per heavy atom. The first-order chi connectivity index (χ1) is 6.88. The molecule has 0 aromatic carbocycles. The maximum Gasteiger partial charge on any atom is 0.0923 e. The van der Waals surface area contributed by atoms with Gasteiger partial charge in [-0.3, -0.25) is 0 Å². The lowest BCUT2D eigenvalue weighted by Crippen LogP contribution is -2.07. The van der Waals surface area contributed by atoms with Crippen molar-refractivity contribution in [3.63, 3.8) is 0 Å². The van der Waals surface area contributed by atoms with Crippen LogP contribution in [-0.2, 0) is 6.42 Å². The first-order valence-electron chi connectivity index (χ1n) is 5.55. The van der Waals surface area contributed by atoms with Crippen LogP contribution in [-0.4, -0.2) is 9.97 Å². The molecule has 0 saturated heterocycles. The van der Waals surface area contributed by atoms with Crippen LogP contribution in [0.4, 0.5) is 0 Å². The van der Waals surface area contributed by atoms with E-state index < -0.39 is 0 Å². The van der Waals surface area contributed by atoms with Crippen LogP contribution < -0.4 is 0 Å². The number of nitrogens with zero attached hydrogens (tertiary/aromatic N) is 1. The zero-order valence-electron chi connectivity index (χ0n) is 8.79. The molecule has 0 aliphatic heterocycles. The first-order valence-corrected chi connectivity index (χ1v) is 5.55. The largest absolute Gasteiger partial charge is 0.351 e. The summed E-state index contributed by atoms with van der Waals surface area (Å²) in [6.45, 7) is 2.25. The molecule has 0 fully saturated rings. The number of nitrogens with one attached hydrogen (secondary N) is 1. The number of aromatic nitrogens is 2. The summed E-state index contributed by atoms with van der Waals surface area (Å²) in [5.41, 5.74) is 2.83. The molecule has 0 radical (unpaired) electrons. The van der Waals surface area contributed by atoms with E-state index >= 15 is 0 Å². The van der Waals surface area contributed by atoms with E-state index in [1.807, 2.05) is 6.20 Å². The maximum atomic E-state index is 4.28. The molecule has 1 aliphatic rings. The molecule has 1 unspecified atom stereocenters. The van der Waals surface area contributed by atoms with Crippen molar-refractivity contribution < 1.29 is 0 Å². The molecule has 1 atom stereocenters. The van der Waals surface area contributed by atoms with Crippen molar-refractivity contribution in [2.45, 2.75) is 39.0 Å². The summed E-state index contributed by atoms with van der Waals surface area (Å²) in [6.07, 6.45) is 12.6. The number of imidazole rings is 1. The molecule has 76 valence electrons. The quantitative estimate of drug-likeness (QED) is 0.729. The minimum atomic E-state index is 0.724. The zero-order valence-corrected chi connectivity index (χ0v) is 8.79. The standard InChI is InChI=1S/C12H18N2/c1-2-10-4-3-5-11(6-10)7-12-8-13-9-14-12/h6,8-9,11H,2-5,7H2,1H3,(H,13,14). The molecule has 0 spiro atoms. The fraction of sp³-hybridized carbons (Fsp3) is 0.583. The van der Waals surface area contributed by atoms with E-state index in [0.29, 0.717) is 0 Å². The van der Waals surface area contributed by atoms with Gasteiger partial charge in [-0.1, -0.05) is 18.6 Å². The van der Waals surface area contributed by atoms with Gasteiger partial charge in [0.05, 0.1) is 12.0 Å². The van der Waals surface area contributed by atoms with E-state index in [-0.39, 0.29) is 0 Å². The Labute approximate surface area is 85.4 Å². The summed E-state index contributed by atoms with van der Waals surface area (Å²) in [5.74, 6) is 0.724. The number of rotatable bonds is 3. The van der Waals surface area contributed by atoms with Gasteiger partial charge in [0.25, 0.3) is 0 Å². The van der Waals surface area contributed by atoms with Gasteiger partial charge in [-0.05, 0) is 38.0 Å². The Bertz CT molecular complexity index is 298. The second-order valence-corrected chi connectivity index (χ2v) is 4.10. The summed E-state index contributed by atoms with van der Waals surface area (Å²) in [4.78, 5) is 7.29. The number of allylic oxidation sites excluding steroid dienone is 2. The van der Waals surface area contributed by atoms with Crippen LogP contribution in [0.5, 0.6) is 0 Å². The molecule has 1 heterocycles. The van der Waals surface area contributed by atoms with Gasteiger partial charge in [0.15, 0.2) is 0 Å². The first kappa shape index (κ1) is 9.50. The SMILES string of the molecule is CCC1=CC(Cc2c[nH]cn2)CCC1. The van der Waals surface area contributed by atoms with E-state index in [4.69, 9.17) is 0 Å². The maximum absolute atomic E-state index is 4.28. The Morgan fingerprint density at radius 2 is 2.50 bits per heavy atom. The fourth-order valence-electron chi connectivity index (χ4n) is 2.22. The highest BCUT2D eigenvalue weighted by atomic mass is 14.9. The van der Waals surface area contributed by atoms with Crippen LogP contribution in [0.3, 0.4) is 0 Å². The number of aromatic amines is 1. The lowest BCUT2D eigenvalue weighted by atomic mass is 9.87. The van der Waals surface area contributed by atoms with Gasteiger partial charge in [-0.2, -0.15) is 0 Å². The summed E-state index contributed by atoms with van der Waals surface area (Å²) >= 11 is 0. The zero-order chi connectivity index (χ0) is 9.80. The van der Waals surface area contributed by atoms with Crippen LogP contribution in [0.15, 0.2) is 24.2 Å². The van der Waals surface area contributed by atoms with Crippen molar-refractivity contribution in [1.82, 2.24) is 9.97 Å². The monoisotopic (exact) mass is 190 g/mol. The Morgan fingerprint density at radius 3 is 3.21 bits per heavy atom. The third kappa shape index (κ3) is 2.25. The van der Waals surface area contributed by atoms with E-state index in [2.05, 4.69) is 23.0 Å². The average molecular weight is 190 g/mol. The summed E-state index contributed by atoms with van der Waals surface area (Å²) in [7, 11) is 0. The highest BCUT2D eigenvalue weighted by Gasteiger charge is 2.13. The number of H-pyrrole nitrogens is 1. The van der Waals surface area contributed by atoms with Crippen LogP contribution in [0.25, 0.3) is 0 Å². The number of hydrogen-bond donors (Lipinski definition) is 1. The summed E-state index contributed by atoms with van der Waals surface area (Å²) in [5, 5.41) is 0. The smallest absolute Gasteiger partial charge is 0.0923 e. The molecule has 1 aromatic heterocycles. The third-order valence-corrected chi connectivity index (χ3v) is 3.02. The minimum absolute atomic E-state index is 0.724. The van der Waals surface area contributed by atoms with E-state index in [1.54, 1.807) is 11.9 Å². The molecule has 2 nitrogen and oxygen atoms in total. The molecule has 0 bridgehead atoms. The molecule has 14 heavy (non-hydrogen) atoms. The van der Waals surface area contributed by atoms with Gasteiger partial charge in [0.1, 0.15) is 0 Å². The predicted molar refractivity (Wildman–Crippen MR) is 58.0 cm³/mol. The second kappa shape index (κ2) is 4.45. The highest BCUT2D eigenvalue weighted by molar-refractivity contribution is 5.10. The number of hydrogen-bond acceptors (Lipinski definition) is 1. The lowest BCUT2D eigenvalue weighted by Gasteiger charge is -2.19. The topological polar surface area (TPSA) is 28.7 Å².